The van der Waals surface area contributed by atoms with Crippen LogP contribution in [-0.4, -0.2) is 53.4 Å². The number of anilines is 1. The summed E-state index contributed by atoms with van der Waals surface area (Å²) in [5.41, 5.74) is 2.05. The summed E-state index contributed by atoms with van der Waals surface area (Å²) in [6.07, 6.45) is 2.32. The van der Waals surface area contributed by atoms with Gasteiger partial charge < -0.3 is 14.5 Å². The van der Waals surface area contributed by atoms with Crippen molar-refractivity contribution in [3.63, 3.8) is 0 Å². The van der Waals surface area contributed by atoms with Crippen LogP contribution in [0.3, 0.4) is 0 Å². The zero-order chi connectivity index (χ0) is 16.4. The third-order valence-electron chi connectivity index (χ3n) is 4.30. The van der Waals surface area contributed by atoms with E-state index in [-0.39, 0.29) is 12.0 Å². The lowest BCUT2D eigenvalue weighted by Gasteiger charge is -2.16. The Kier molecular flexibility index (Phi) is 4.63. The van der Waals surface area contributed by atoms with Crippen molar-refractivity contribution in [1.82, 2.24) is 15.0 Å². The van der Waals surface area contributed by atoms with Crippen LogP contribution in [0, 0.1) is 12.8 Å². The molecule has 2 atom stereocenters. The number of pyridine rings is 1. The number of rotatable bonds is 5. The first kappa shape index (κ1) is 16.0. The van der Waals surface area contributed by atoms with Gasteiger partial charge in [0.1, 0.15) is 11.6 Å². The fraction of sp³-hybridized carbons (Fsp3) is 0.529. The van der Waals surface area contributed by atoms with E-state index in [1.807, 2.05) is 44.2 Å². The Morgan fingerprint density at radius 1 is 1.35 bits per heavy atom. The van der Waals surface area contributed by atoms with E-state index in [9.17, 15) is 5.11 Å². The van der Waals surface area contributed by atoms with E-state index in [0.29, 0.717) is 6.54 Å². The lowest BCUT2D eigenvalue weighted by atomic mass is 10.0. The van der Waals surface area contributed by atoms with E-state index in [4.69, 9.17) is 4.52 Å². The summed E-state index contributed by atoms with van der Waals surface area (Å²) in [6.45, 7) is 4.27. The SMILES string of the molecule is Cc1cc(C[C@@H]2CN(Cc3ccc(N(C)C)nc3)C[C@@H]2O)on1. The van der Waals surface area contributed by atoms with Crippen LogP contribution in [0.15, 0.2) is 28.9 Å². The molecule has 1 aliphatic rings. The summed E-state index contributed by atoms with van der Waals surface area (Å²) in [6, 6.07) is 6.07. The summed E-state index contributed by atoms with van der Waals surface area (Å²) in [5.74, 6) is 2.00. The molecule has 1 N–H and O–H groups in total. The number of β-amino-alcohol motifs (C(OH)–C–C–N with tert-alkyl or cyclic N) is 1. The summed E-state index contributed by atoms with van der Waals surface area (Å²) < 4.78 is 5.27. The highest BCUT2D eigenvalue weighted by atomic mass is 16.5. The van der Waals surface area contributed by atoms with Crippen molar-refractivity contribution in [2.45, 2.75) is 26.0 Å². The molecule has 124 valence electrons. The highest BCUT2D eigenvalue weighted by Crippen LogP contribution is 2.23. The first-order valence-electron chi connectivity index (χ1n) is 7.96. The Morgan fingerprint density at radius 3 is 2.78 bits per heavy atom. The van der Waals surface area contributed by atoms with Gasteiger partial charge in [-0.2, -0.15) is 0 Å². The van der Waals surface area contributed by atoms with Gasteiger partial charge in [0.25, 0.3) is 0 Å². The van der Waals surface area contributed by atoms with Gasteiger partial charge in [0.15, 0.2) is 0 Å². The number of hydrogen-bond donors (Lipinski definition) is 1. The lowest BCUT2D eigenvalue weighted by molar-refractivity contribution is 0.137. The molecule has 2 aromatic heterocycles. The minimum Gasteiger partial charge on any atom is -0.391 e. The molecule has 6 nitrogen and oxygen atoms in total. The minimum absolute atomic E-state index is 0.191. The predicted octanol–water partition coefficient (Wildman–Crippen LogP) is 1.48. The quantitative estimate of drug-likeness (QED) is 0.901. The van der Waals surface area contributed by atoms with E-state index >= 15 is 0 Å². The van der Waals surface area contributed by atoms with E-state index in [2.05, 4.69) is 21.1 Å². The molecule has 23 heavy (non-hydrogen) atoms. The monoisotopic (exact) mass is 316 g/mol. The molecule has 2 aromatic rings. The topological polar surface area (TPSA) is 65.6 Å². The van der Waals surface area contributed by atoms with Crippen molar-refractivity contribution < 1.29 is 9.63 Å². The van der Waals surface area contributed by atoms with Gasteiger partial charge in [0, 0.05) is 58.3 Å². The second-order valence-corrected chi connectivity index (χ2v) is 6.58. The number of hydrogen-bond acceptors (Lipinski definition) is 6. The van der Waals surface area contributed by atoms with E-state index in [1.54, 1.807) is 0 Å². The molecular formula is C17H24N4O2. The van der Waals surface area contributed by atoms with Crippen LogP contribution >= 0.6 is 0 Å². The van der Waals surface area contributed by atoms with Crippen LogP contribution in [0.5, 0.6) is 0 Å². The summed E-state index contributed by atoms with van der Waals surface area (Å²) in [4.78, 5) is 8.70. The molecule has 0 bridgehead atoms. The number of likely N-dealkylation sites (tertiary alicyclic amines) is 1. The second-order valence-electron chi connectivity index (χ2n) is 6.58. The van der Waals surface area contributed by atoms with Gasteiger partial charge in [-0.05, 0) is 18.6 Å². The number of nitrogens with zero attached hydrogens (tertiary/aromatic N) is 4. The van der Waals surface area contributed by atoms with Crippen LogP contribution in [0.4, 0.5) is 5.82 Å². The molecule has 6 heteroatoms. The van der Waals surface area contributed by atoms with E-state index in [1.165, 1.54) is 5.56 Å². The first-order chi connectivity index (χ1) is 11.0. The average Bonchev–Trinajstić information content (AvgIpc) is 3.06. The third kappa shape index (κ3) is 3.89. The maximum Gasteiger partial charge on any atom is 0.137 e. The molecule has 0 unspecified atom stereocenters. The van der Waals surface area contributed by atoms with Crippen LogP contribution in [0.25, 0.3) is 0 Å². The smallest absolute Gasteiger partial charge is 0.137 e. The van der Waals surface area contributed by atoms with E-state index in [0.717, 1.165) is 36.8 Å². The molecule has 3 heterocycles. The molecule has 0 radical (unpaired) electrons. The van der Waals surface area contributed by atoms with Gasteiger partial charge in [-0.3, -0.25) is 4.90 Å². The number of aliphatic hydroxyl groups is 1. The van der Waals surface area contributed by atoms with Gasteiger partial charge >= 0.3 is 0 Å². The van der Waals surface area contributed by atoms with Crippen molar-refractivity contribution in [3.8, 4) is 0 Å². The van der Waals surface area contributed by atoms with Gasteiger partial charge in [0.2, 0.25) is 0 Å². The number of aliphatic hydroxyl groups excluding tert-OH is 1. The summed E-state index contributed by atoms with van der Waals surface area (Å²) in [7, 11) is 3.96. The molecule has 1 saturated heterocycles. The van der Waals surface area contributed by atoms with Crippen molar-refractivity contribution in [2.75, 3.05) is 32.1 Å². The molecule has 0 spiro atoms. The van der Waals surface area contributed by atoms with Crippen LogP contribution in [0.2, 0.25) is 0 Å². The Balaban J connectivity index is 1.57. The van der Waals surface area contributed by atoms with Crippen LogP contribution in [-0.2, 0) is 13.0 Å². The minimum atomic E-state index is -0.325. The van der Waals surface area contributed by atoms with Crippen molar-refractivity contribution >= 4 is 5.82 Å². The van der Waals surface area contributed by atoms with Gasteiger partial charge in [-0.15, -0.1) is 0 Å². The first-order valence-corrected chi connectivity index (χ1v) is 7.96. The fourth-order valence-corrected chi connectivity index (χ4v) is 3.08. The van der Waals surface area contributed by atoms with Crippen LogP contribution in [0.1, 0.15) is 17.0 Å². The molecule has 0 aromatic carbocycles. The van der Waals surface area contributed by atoms with Crippen molar-refractivity contribution in [3.05, 3.63) is 41.4 Å². The van der Waals surface area contributed by atoms with Crippen molar-refractivity contribution in [1.29, 1.82) is 0 Å². The Bertz CT molecular complexity index is 638. The van der Waals surface area contributed by atoms with Gasteiger partial charge in [-0.1, -0.05) is 11.2 Å². The normalized spacial score (nSPS) is 21.7. The number of aromatic nitrogens is 2. The summed E-state index contributed by atoms with van der Waals surface area (Å²) >= 11 is 0. The lowest BCUT2D eigenvalue weighted by Crippen LogP contribution is -2.21. The molecule has 0 amide bonds. The second kappa shape index (κ2) is 6.68. The molecule has 3 rings (SSSR count). The van der Waals surface area contributed by atoms with Gasteiger partial charge in [-0.25, -0.2) is 4.98 Å². The molecule has 0 saturated carbocycles. The number of aryl methyl sites for hydroxylation is 1. The third-order valence-corrected chi connectivity index (χ3v) is 4.30. The Hall–Kier alpha value is -1.92. The molecule has 1 aliphatic heterocycles. The van der Waals surface area contributed by atoms with Crippen molar-refractivity contribution in [2.24, 2.45) is 5.92 Å². The van der Waals surface area contributed by atoms with Crippen LogP contribution < -0.4 is 4.90 Å². The van der Waals surface area contributed by atoms with Gasteiger partial charge in [0.05, 0.1) is 11.8 Å². The maximum absolute atomic E-state index is 10.3. The highest BCUT2D eigenvalue weighted by molar-refractivity contribution is 5.37. The molecule has 0 aliphatic carbocycles. The highest BCUT2D eigenvalue weighted by Gasteiger charge is 2.32. The zero-order valence-electron chi connectivity index (χ0n) is 13.9. The Morgan fingerprint density at radius 2 is 2.17 bits per heavy atom. The largest absolute Gasteiger partial charge is 0.391 e. The zero-order valence-corrected chi connectivity index (χ0v) is 13.9. The van der Waals surface area contributed by atoms with E-state index < -0.39 is 0 Å². The Labute approximate surface area is 136 Å². The maximum atomic E-state index is 10.3. The predicted molar refractivity (Wildman–Crippen MR) is 88.3 cm³/mol. The summed E-state index contributed by atoms with van der Waals surface area (Å²) in [5, 5.41) is 14.2. The standard InChI is InChI=1S/C17H24N4O2/c1-12-6-15(23-19-12)7-14-10-21(11-16(14)22)9-13-4-5-17(18-8-13)20(2)3/h4-6,8,14,16,22H,7,9-11H2,1-3H3/t14-,16+/m1/s1. The average molecular weight is 316 g/mol. The molecule has 1 fully saturated rings. The fourth-order valence-electron chi connectivity index (χ4n) is 3.08. The molecular weight excluding hydrogens is 292 g/mol.